The highest BCUT2D eigenvalue weighted by Crippen LogP contribution is 2.34. The van der Waals surface area contributed by atoms with Crippen molar-refractivity contribution in [3.63, 3.8) is 0 Å². The van der Waals surface area contributed by atoms with Crippen LogP contribution in [0.1, 0.15) is 18.4 Å². The average Bonchev–Trinajstić information content (AvgIpc) is 3.12. The number of nitrogens with two attached hydrogens (primary N) is 1. The van der Waals surface area contributed by atoms with E-state index in [9.17, 15) is 4.79 Å². The van der Waals surface area contributed by atoms with Crippen LogP contribution in [0.5, 0.6) is 5.75 Å². The van der Waals surface area contributed by atoms with Crippen LogP contribution >= 0.6 is 36.2 Å². The van der Waals surface area contributed by atoms with Crippen molar-refractivity contribution < 1.29 is 4.74 Å². The maximum atomic E-state index is 12.3. The number of nitrogens with one attached hydrogen (secondary N) is 1. The van der Waals surface area contributed by atoms with Crippen LogP contribution in [-0.4, -0.2) is 42.7 Å². The normalized spacial score (nSPS) is 17.6. The van der Waals surface area contributed by atoms with Crippen LogP contribution in [0.15, 0.2) is 34.4 Å². The summed E-state index contributed by atoms with van der Waals surface area (Å²) in [5, 5.41) is 3.97. The number of methoxy groups -OCH3 is 1. The number of likely N-dealkylation sites (tertiary alicyclic amines) is 1. The molecule has 1 aliphatic rings. The average molecular weight is 442 g/mol. The lowest BCUT2D eigenvalue weighted by Crippen LogP contribution is -2.42. The van der Waals surface area contributed by atoms with E-state index in [0.29, 0.717) is 0 Å². The number of aromatic amines is 1. The zero-order valence-electron chi connectivity index (χ0n) is 15.6. The van der Waals surface area contributed by atoms with E-state index in [4.69, 9.17) is 10.5 Å². The van der Waals surface area contributed by atoms with Crippen LogP contribution < -0.4 is 16.0 Å². The number of halogens is 2. The molecule has 0 amide bonds. The van der Waals surface area contributed by atoms with Crippen LogP contribution in [0.3, 0.4) is 0 Å². The van der Waals surface area contributed by atoms with Crippen molar-refractivity contribution in [2.45, 2.75) is 18.9 Å². The molecule has 0 spiro atoms. The Labute approximate surface area is 180 Å². The van der Waals surface area contributed by atoms with Gasteiger partial charge in [-0.15, -0.1) is 36.2 Å². The lowest BCUT2D eigenvalue weighted by molar-refractivity contribution is 0.229. The van der Waals surface area contributed by atoms with Gasteiger partial charge in [-0.25, -0.2) is 0 Å². The fourth-order valence-corrected chi connectivity index (χ4v) is 4.57. The van der Waals surface area contributed by atoms with Gasteiger partial charge in [0.1, 0.15) is 10.4 Å². The molecule has 0 saturated carbocycles. The lowest BCUT2D eigenvalue weighted by atomic mass is 10.0. The first-order chi connectivity index (χ1) is 12.7. The molecule has 1 atom stereocenters. The number of ether oxygens (including phenoxy) is 1. The van der Waals surface area contributed by atoms with Crippen molar-refractivity contribution in [1.82, 2.24) is 9.88 Å². The Morgan fingerprint density at radius 3 is 2.93 bits per heavy atom. The maximum absolute atomic E-state index is 12.3. The Hall–Kier alpha value is -1.57. The molecule has 3 N–H and O–H groups in total. The van der Waals surface area contributed by atoms with E-state index in [-0.39, 0.29) is 36.4 Å². The van der Waals surface area contributed by atoms with Gasteiger partial charge in [-0.3, -0.25) is 9.69 Å². The van der Waals surface area contributed by atoms with Crippen LogP contribution in [0, 0.1) is 0 Å². The standard InChI is InChI=1S/C20H23N3O2S.2ClH/c1-25-17-7-6-16-18(15-8-11-26-19(15)20(24)22-16)14(17)5-3-10-23-9-2-4-13(21)12-23;;/h3,5-8,11,13H,2,4,9-10,12,21H2,1H3,(H,22,24);2*1H/b5-3+;;. The minimum atomic E-state index is -0.0371. The zero-order valence-corrected chi connectivity index (χ0v) is 18.1. The van der Waals surface area contributed by atoms with Gasteiger partial charge in [-0.1, -0.05) is 12.2 Å². The van der Waals surface area contributed by atoms with Gasteiger partial charge in [0.2, 0.25) is 0 Å². The molecule has 152 valence electrons. The largest absolute Gasteiger partial charge is 0.496 e. The van der Waals surface area contributed by atoms with E-state index >= 15 is 0 Å². The number of H-pyrrole nitrogens is 1. The molecular weight excluding hydrogens is 417 g/mol. The van der Waals surface area contributed by atoms with Crippen molar-refractivity contribution in [2.75, 3.05) is 26.7 Å². The quantitative estimate of drug-likeness (QED) is 0.640. The Morgan fingerprint density at radius 1 is 1.36 bits per heavy atom. The molecule has 1 aromatic carbocycles. The van der Waals surface area contributed by atoms with Gasteiger partial charge in [-0.2, -0.15) is 0 Å². The second kappa shape index (κ2) is 9.76. The van der Waals surface area contributed by atoms with E-state index in [0.717, 1.165) is 64.8 Å². The van der Waals surface area contributed by atoms with Gasteiger partial charge < -0.3 is 15.5 Å². The number of benzene rings is 1. The molecule has 0 aliphatic carbocycles. The molecule has 28 heavy (non-hydrogen) atoms. The molecule has 2 aromatic heterocycles. The number of hydrogen-bond donors (Lipinski definition) is 2. The Balaban J connectivity index is 0.00000140. The van der Waals surface area contributed by atoms with Gasteiger partial charge in [0, 0.05) is 41.0 Å². The highest BCUT2D eigenvalue weighted by molar-refractivity contribution is 7.17. The third kappa shape index (κ3) is 4.36. The van der Waals surface area contributed by atoms with Crippen molar-refractivity contribution in [1.29, 1.82) is 0 Å². The number of thiophene rings is 1. The number of rotatable bonds is 4. The third-order valence-electron chi connectivity index (χ3n) is 5.00. The number of aromatic nitrogens is 1. The van der Waals surface area contributed by atoms with Gasteiger partial charge in [0.25, 0.3) is 5.56 Å². The van der Waals surface area contributed by atoms with Crippen molar-refractivity contribution in [3.05, 3.63) is 45.6 Å². The second-order valence-corrected chi connectivity index (χ2v) is 7.70. The predicted octanol–water partition coefficient (Wildman–Crippen LogP) is 4.03. The van der Waals surface area contributed by atoms with Gasteiger partial charge in [0.15, 0.2) is 0 Å². The topological polar surface area (TPSA) is 71.4 Å². The van der Waals surface area contributed by atoms with E-state index in [2.05, 4.69) is 22.0 Å². The van der Waals surface area contributed by atoms with Crippen molar-refractivity contribution >= 4 is 63.2 Å². The Kier molecular flexibility index (Phi) is 7.92. The number of piperidine rings is 1. The summed E-state index contributed by atoms with van der Waals surface area (Å²) in [6, 6.07) is 6.11. The fraction of sp³-hybridized carbons (Fsp3) is 0.350. The highest BCUT2D eigenvalue weighted by atomic mass is 35.5. The van der Waals surface area contributed by atoms with E-state index < -0.39 is 0 Å². The molecule has 8 heteroatoms. The van der Waals surface area contributed by atoms with Gasteiger partial charge in [-0.05, 0) is 43.0 Å². The first kappa shape index (κ1) is 22.7. The maximum Gasteiger partial charge on any atom is 0.266 e. The summed E-state index contributed by atoms with van der Waals surface area (Å²) >= 11 is 1.47. The van der Waals surface area contributed by atoms with E-state index in [1.165, 1.54) is 11.3 Å². The summed E-state index contributed by atoms with van der Waals surface area (Å²) in [5.41, 5.74) is 7.88. The Bertz CT molecular complexity index is 1030. The second-order valence-electron chi connectivity index (χ2n) is 6.79. The van der Waals surface area contributed by atoms with Gasteiger partial charge >= 0.3 is 0 Å². The molecule has 4 rings (SSSR count). The fourth-order valence-electron chi connectivity index (χ4n) is 3.78. The Morgan fingerprint density at radius 2 is 2.18 bits per heavy atom. The van der Waals surface area contributed by atoms with Gasteiger partial charge in [0.05, 0.1) is 7.11 Å². The minimum absolute atomic E-state index is 0. The molecule has 3 heterocycles. The predicted molar refractivity (Wildman–Crippen MR) is 124 cm³/mol. The molecule has 5 nitrogen and oxygen atoms in total. The molecule has 1 saturated heterocycles. The van der Waals surface area contributed by atoms with Crippen LogP contribution in [0.25, 0.3) is 27.1 Å². The molecule has 1 unspecified atom stereocenters. The lowest BCUT2D eigenvalue weighted by Gasteiger charge is -2.29. The monoisotopic (exact) mass is 441 g/mol. The number of pyridine rings is 1. The first-order valence-electron chi connectivity index (χ1n) is 8.92. The summed E-state index contributed by atoms with van der Waals surface area (Å²) in [4.78, 5) is 17.6. The van der Waals surface area contributed by atoms with Crippen molar-refractivity contribution in [2.24, 2.45) is 5.73 Å². The first-order valence-corrected chi connectivity index (χ1v) is 9.80. The molecule has 1 aliphatic heterocycles. The van der Waals surface area contributed by atoms with Crippen LogP contribution in [0.4, 0.5) is 0 Å². The molecule has 0 radical (unpaired) electrons. The molecule has 0 bridgehead atoms. The molecule has 3 aromatic rings. The number of nitrogens with zero attached hydrogens (tertiary/aromatic N) is 1. The molecule has 1 fully saturated rings. The van der Waals surface area contributed by atoms with E-state index in [1.54, 1.807) is 7.11 Å². The summed E-state index contributed by atoms with van der Waals surface area (Å²) < 4.78 is 6.35. The zero-order chi connectivity index (χ0) is 18.1. The smallest absolute Gasteiger partial charge is 0.266 e. The summed E-state index contributed by atoms with van der Waals surface area (Å²) in [5.74, 6) is 0.809. The van der Waals surface area contributed by atoms with Crippen molar-refractivity contribution in [3.8, 4) is 5.75 Å². The third-order valence-corrected chi connectivity index (χ3v) is 5.92. The highest BCUT2D eigenvalue weighted by Gasteiger charge is 2.16. The van der Waals surface area contributed by atoms with E-state index in [1.807, 2.05) is 23.6 Å². The summed E-state index contributed by atoms with van der Waals surface area (Å²) in [6.07, 6.45) is 6.54. The minimum Gasteiger partial charge on any atom is -0.496 e. The van der Waals surface area contributed by atoms with Crippen LogP contribution in [0.2, 0.25) is 0 Å². The molecular formula is C20H25Cl2N3O2S. The SMILES string of the molecule is COc1ccc2[nH]c(=O)c3sccc3c2c1/C=C/CN1CCCC(N)C1.Cl.Cl. The summed E-state index contributed by atoms with van der Waals surface area (Å²) in [7, 11) is 1.68. The number of fused-ring (bicyclic) bond motifs is 3. The summed E-state index contributed by atoms with van der Waals surface area (Å²) in [6.45, 7) is 2.90. The van der Waals surface area contributed by atoms with Crippen LogP contribution in [-0.2, 0) is 0 Å². The number of hydrogen-bond acceptors (Lipinski definition) is 5.